The number of carbonyl (C=O) groups is 1. The lowest BCUT2D eigenvalue weighted by atomic mass is 9.95. The van der Waals surface area contributed by atoms with Crippen molar-refractivity contribution >= 4 is 27.5 Å². The summed E-state index contributed by atoms with van der Waals surface area (Å²) < 4.78 is 13.4. The number of hydrogen-bond donors (Lipinski definition) is 1. The van der Waals surface area contributed by atoms with Crippen LogP contribution in [-0.2, 0) is 11.3 Å². The molecule has 1 atom stereocenters. The highest BCUT2D eigenvalue weighted by molar-refractivity contribution is 7.17. The molecule has 2 aromatic heterocycles. The zero-order valence-electron chi connectivity index (χ0n) is 16.4. The number of carbonyl (C=O) groups excluding carboxylic acids is 1. The van der Waals surface area contributed by atoms with Crippen molar-refractivity contribution in [3.8, 4) is 11.5 Å². The van der Waals surface area contributed by atoms with Crippen molar-refractivity contribution in [1.29, 1.82) is 0 Å². The van der Waals surface area contributed by atoms with E-state index >= 15 is 0 Å². The Hall–Kier alpha value is -2.87. The molecule has 1 aromatic carbocycles. The van der Waals surface area contributed by atoms with Gasteiger partial charge in [0.2, 0.25) is 5.91 Å². The number of fused-ring (bicyclic) bond motifs is 2. The minimum atomic E-state index is -0.240. The topological polar surface area (TPSA) is 82.5 Å². The molecule has 1 unspecified atom stereocenters. The van der Waals surface area contributed by atoms with Gasteiger partial charge in [-0.2, -0.15) is 0 Å². The summed E-state index contributed by atoms with van der Waals surface area (Å²) in [5.74, 6) is 1.33. The maximum Gasteiger partial charge on any atom is 0.271 e. The van der Waals surface area contributed by atoms with Crippen LogP contribution in [0.3, 0.4) is 0 Å². The minimum absolute atomic E-state index is 0.0759. The quantitative estimate of drug-likeness (QED) is 0.695. The third-order valence-electron chi connectivity index (χ3n) is 4.86. The molecule has 0 bridgehead atoms. The van der Waals surface area contributed by atoms with Crippen LogP contribution in [0.1, 0.15) is 31.9 Å². The fourth-order valence-electron chi connectivity index (χ4n) is 3.37. The Morgan fingerprint density at radius 1 is 1.24 bits per heavy atom. The van der Waals surface area contributed by atoms with Gasteiger partial charge in [0.25, 0.3) is 5.56 Å². The van der Waals surface area contributed by atoms with Crippen molar-refractivity contribution in [2.75, 3.05) is 13.2 Å². The summed E-state index contributed by atoms with van der Waals surface area (Å²) in [5.41, 5.74) is 1.40. The van der Waals surface area contributed by atoms with E-state index < -0.39 is 0 Å². The molecule has 29 heavy (non-hydrogen) atoms. The van der Waals surface area contributed by atoms with Crippen LogP contribution in [0, 0.1) is 5.92 Å². The van der Waals surface area contributed by atoms with E-state index in [0.29, 0.717) is 29.2 Å². The predicted molar refractivity (Wildman–Crippen MR) is 112 cm³/mol. The second-order valence-electron chi connectivity index (χ2n) is 7.36. The lowest BCUT2D eigenvalue weighted by molar-refractivity contribution is -0.122. The summed E-state index contributed by atoms with van der Waals surface area (Å²) in [5, 5.41) is 4.88. The van der Waals surface area contributed by atoms with Crippen molar-refractivity contribution in [3.63, 3.8) is 0 Å². The summed E-state index contributed by atoms with van der Waals surface area (Å²) in [6.45, 7) is 5.25. The standard InChI is InChI=1S/C21H23N3O4S/c1-13(2)19(14-4-5-16-17(10-14)28-8-3-7-27-16)23-18(25)11-24-12-22-15-6-9-29-20(15)21(24)26/h4-6,9-10,12-13,19H,3,7-8,11H2,1-2H3,(H,23,25). The number of aromatic nitrogens is 2. The maximum absolute atomic E-state index is 12.7. The number of rotatable bonds is 5. The molecule has 152 valence electrons. The van der Waals surface area contributed by atoms with Crippen molar-refractivity contribution in [3.05, 3.63) is 51.9 Å². The minimum Gasteiger partial charge on any atom is -0.490 e. The summed E-state index contributed by atoms with van der Waals surface area (Å²) in [6, 6.07) is 7.34. The summed E-state index contributed by atoms with van der Waals surface area (Å²) in [4.78, 5) is 29.5. The molecule has 1 aliphatic rings. The number of thiophene rings is 1. The van der Waals surface area contributed by atoms with Crippen LogP contribution in [0.25, 0.3) is 10.2 Å². The van der Waals surface area contributed by atoms with E-state index in [1.807, 2.05) is 37.4 Å². The monoisotopic (exact) mass is 413 g/mol. The normalized spacial score (nSPS) is 14.6. The van der Waals surface area contributed by atoms with E-state index in [-0.39, 0.29) is 30.0 Å². The van der Waals surface area contributed by atoms with Crippen LogP contribution in [-0.4, -0.2) is 28.7 Å². The first-order valence-electron chi connectivity index (χ1n) is 9.64. The van der Waals surface area contributed by atoms with Gasteiger partial charge in [-0.3, -0.25) is 14.2 Å². The summed E-state index contributed by atoms with van der Waals surface area (Å²) in [7, 11) is 0. The molecule has 0 saturated carbocycles. The van der Waals surface area contributed by atoms with E-state index in [1.54, 1.807) is 6.07 Å². The lowest BCUT2D eigenvalue weighted by Crippen LogP contribution is -2.36. The Kier molecular flexibility index (Phi) is 5.53. The van der Waals surface area contributed by atoms with Gasteiger partial charge in [-0.05, 0) is 35.1 Å². The Balaban J connectivity index is 1.53. The predicted octanol–water partition coefficient (Wildman–Crippen LogP) is 3.13. The highest BCUT2D eigenvalue weighted by Crippen LogP contribution is 2.34. The molecule has 0 fully saturated rings. The SMILES string of the molecule is CC(C)C(NC(=O)Cn1cnc2ccsc2c1=O)c1ccc2c(c1)OCCCO2. The van der Waals surface area contributed by atoms with Crippen molar-refractivity contribution in [2.45, 2.75) is 32.9 Å². The van der Waals surface area contributed by atoms with Gasteiger partial charge >= 0.3 is 0 Å². The Labute approximate surface area is 172 Å². The molecule has 4 rings (SSSR count). The molecule has 8 heteroatoms. The number of ether oxygens (including phenoxy) is 2. The van der Waals surface area contributed by atoms with E-state index in [1.165, 1.54) is 22.2 Å². The van der Waals surface area contributed by atoms with Gasteiger partial charge in [-0.1, -0.05) is 19.9 Å². The number of amides is 1. The van der Waals surface area contributed by atoms with Gasteiger partial charge in [0.15, 0.2) is 11.5 Å². The lowest BCUT2D eigenvalue weighted by Gasteiger charge is -2.24. The van der Waals surface area contributed by atoms with Crippen LogP contribution in [0.15, 0.2) is 40.8 Å². The van der Waals surface area contributed by atoms with E-state index in [9.17, 15) is 9.59 Å². The molecule has 1 N–H and O–H groups in total. The third-order valence-corrected chi connectivity index (χ3v) is 5.76. The highest BCUT2D eigenvalue weighted by Gasteiger charge is 2.21. The smallest absolute Gasteiger partial charge is 0.271 e. The molecule has 3 heterocycles. The molecule has 7 nitrogen and oxygen atoms in total. The average Bonchev–Trinajstić information content (AvgIpc) is 3.06. The Morgan fingerprint density at radius 2 is 2.03 bits per heavy atom. The molecule has 1 amide bonds. The van der Waals surface area contributed by atoms with Gasteiger partial charge in [-0.15, -0.1) is 11.3 Å². The molecule has 1 aliphatic heterocycles. The first kappa shape index (κ1) is 19.4. The van der Waals surface area contributed by atoms with E-state index in [0.717, 1.165) is 17.7 Å². The molecule has 0 radical (unpaired) electrons. The maximum atomic E-state index is 12.7. The number of nitrogens with one attached hydrogen (secondary N) is 1. The van der Waals surface area contributed by atoms with Crippen LogP contribution in [0.4, 0.5) is 0 Å². The average molecular weight is 413 g/mol. The zero-order valence-corrected chi connectivity index (χ0v) is 17.2. The summed E-state index contributed by atoms with van der Waals surface area (Å²) in [6.07, 6.45) is 2.26. The molecular formula is C21H23N3O4S. The molecule has 0 spiro atoms. The first-order valence-corrected chi connectivity index (χ1v) is 10.5. The van der Waals surface area contributed by atoms with Gasteiger partial charge in [0, 0.05) is 6.42 Å². The van der Waals surface area contributed by atoms with Gasteiger partial charge in [0.05, 0.1) is 31.1 Å². The molecule has 3 aromatic rings. The van der Waals surface area contributed by atoms with Crippen LogP contribution in [0.5, 0.6) is 11.5 Å². The van der Waals surface area contributed by atoms with Crippen LogP contribution < -0.4 is 20.3 Å². The second-order valence-corrected chi connectivity index (χ2v) is 8.27. The van der Waals surface area contributed by atoms with Crippen molar-refractivity contribution in [2.24, 2.45) is 5.92 Å². The largest absolute Gasteiger partial charge is 0.490 e. The first-order chi connectivity index (χ1) is 14.0. The number of hydrogen-bond acceptors (Lipinski definition) is 6. The van der Waals surface area contributed by atoms with Crippen molar-refractivity contribution < 1.29 is 14.3 Å². The molecular weight excluding hydrogens is 390 g/mol. The third kappa shape index (κ3) is 4.12. The number of benzene rings is 1. The van der Waals surface area contributed by atoms with Crippen LogP contribution >= 0.6 is 11.3 Å². The van der Waals surface area contributed by atoms with E-state index in [4.69, 9.17) is 9.47 Å². The fourth-order valence-corrected chi connectivity index (χ4v) is 4.17. The van der Waals surface area contributed by atoms with Gasteiger partial charge < -0.3 is 14.8 Å². The Bertz CT molecular complexity index is 1090. The van der Waals surface area contributed by atoms with E-state index in [2.05, 4.69) is 10.3 Å². The summed E-state index contributed by atoms with van der Waals surface area (Å²) >= 11 is 1.33. The van der Waals surface area contributed by atoms with Crippen LogP contribution in [0.2, 0.25) is 0 Å². The Morgan fingerprint density at radius 3 is 2.83 bits per heavy atom. The van der Waals surface area contributed by atoms with Gasteiger partial charge in [0.1, 0.15) is 11.2 Å². The van der Waals surface area contributed by atoms with Gasteiger partial charge in [-0.25, -0.2) is 4.98 Å². The number of nitrogens with zero attached hydrogens (tertiary/aromatic N) is 2. The molecule has 0 saturated heterocycles. The fraction of sp³-hybridized carbons (Fsp3) is 0.381. The zero-order chi connectivity index (χ0) is 20.4. The second kappa shape index (κ2) is 8.24. The van der Waals surface area contributed by atoms with Crippen molar-refractivity contribution in [1.82, 2.24) is 14.9 Å². The molecule has 0 aliphatic carbocycles. The highest BCUT2D eigenvalue weighted by atomic mass is 32.1.